The zero-order valence-corrected chi connectivity index (χ0v) is 51.6. The van der Waals surface area contributed by atoms with Crippen LogP contribution in [0.15, 0.2) is 66.4 Å². The first kappa shape index (κ1) is 69.5. The number of nitriles is 2. The van der Waals surface area contributed by atoms with Gasteiger partial charge in [-0.15, -0.1) is 20.5 Å². The molecule has 0 saturated carbocycles. The molecule has 0 bridgehead atoms. The summed E-state index contributed by atoms with van der Waals surface area (Å²) in [5, 5.41) is 61.2. The van der Waals surface area contributed by atoms with Crippen LogP contribution in [0.4, 0.5) is 22.7 Å². The summed E-state index contributed by atoms with van der Waals surface area (Å²) in [5.41, 5.74) is -3.54. The molecule has 0 saturated heterocycles. The molecule has 4 aromatic rings. The third-order valence-corrected chi connectivity index (χ3v) is 15.7. The molecule has 2 aromatic carbocycles. The van der Waals surface area contributed by atoms with Crippen molar-refractivity contribution in [2.24, 2.45) is 44.1 Å². The van der Waals surface area contributed by atoms with Crippen LogP contribution in [0.2, 0.25) is 0 Å². The quantitative estimate of drug-likeness (QED) is 0.0243. The van der Waals surface area contributed by atoms with E-state index in [1.807, 2.05) is 39.8 Å². The maximum absolute atomic E-state index is 13.9. The van der Waals surface area contributed by atoms with Crippen molar-refractivity contribution in [1.82, 2.24) is 9.13 Å². The second-order valence-corrected chi connectivity index (χ2v) is 21.8. The zero-order valence-electron chi connectivity index (χ0n) is 51.6. The Labute approximate surface area is 500 Å². The van der Waals surface area contributed by atoms with Gasteiger partial charge in [-0.05, 0) is 106 Å². The Morgan fingerprint density at radius 3 is 1.07 bits per heavy atom. The molecule has 4 rings (SSSR count). The van der Waals surface area contributed by atoms with Gasteiger partial charge >= 0.3 is 23.9 Å². The Balaban J connectivity index is 1.75. The van der Waals surface area contributed by atoms with E-state index in [1.54, 1.807) is 0 Å². The van der Waals surface area contributed by atoms with E-state index in [4.69, 9.17) is 18.9 Å². The molecular formula is C65H88N8O12. The molecule has 0 amide bonds. The molecule has 85 heavy (non-hydrogen) atoms. The van der Waals surface area contributed by atoms with Gasteiger partial charge in [0.1, 0.15) is 34.6 Å². The minimum absolute atomic E-state index is 0.0435. The smallest absolute Gasteiger partial charge is 0.340 e. The summed E-state index contributed by atoms with van der Waals surface area (Å²) in [5.74, 6) is -3.70. The van der Waals surface area contributed by atoms with Gasteiger partial charge in [0.25, 0.3) is 11.1 Å². The lowest BCUT2D eigenvalue weighted by molar-refractivity contribution is 0.0415. The van der Waals surface area contributed by atoms with Crippen molar-refractivity contribution in [2.75, 3.05) is 26.4 Å². The minimum atomic E-state index is -0.913. The highest BCUT2D eigenvalue weighted by atomic mass is 16.5. The fourth-order valence-corrected chi connectivity index (χ4v) is 9.64. The van der Waals surface area contributed by atoms with Crippen molar-refractivity contribution >= 4 is 46.6 Å². The van der Waals surface area contributed by atoms with E-state index in [2.05, 4.69) is 48.2 Å². The van der Waals surface area contributed by atoms with Crippen LogP contribution < -0.4 is 11.1 Å². The number of carbonyl (C=O) groups excluding carboxylic acids is 4. The molecule has 2 heterocycles. The topological polar surface area (TPSA) is 287 Å². The molecule has 2 N–H and O–H groups in total. The van der Waals surface area contributed by atoms with Crippen LogP contribution in [0.25, 0.3) is 0 Å². The number of hydrogen-bond donors (Lipinski definition) is 2. The molecule has 0 spiro atoms. The van der Waals surface area contributed by atoms with Gasteiger partial charge in [-0.3, -0.25) is 18.7 Å². The molecule has 4 unspecified atom stereocenters. The number of aromatic hydroxyl groups is 2. The van der Waals surface area contributed by atoms with E-state index < -0.39 is 57.9 Å². The Bertz CT molecular complexity index is 2980. The average Bonchev–Trinajstić information content (AvgIpc) is 2.56. The largest absolute Gasteiger partial charge is 0.493 e. The Kier molecular flexibility index (Phi) is 29.4. The Hall–Kier alpha value is -8.00. The van der Waals surface area contributed by atoms with Gasteiger partial charge < -0.3 is 29.2 Å². The minimum Gasteiger partial charge on any atom is -0.493 e. The van der Waals surface area contributed by atoms with E-state index in [0.717, 1.165) is 112 Å². The molecule has 0 fully saturated rings. The van der Waals surface area contributed by atoms with Gasteiger partial charge in [-0.2, -0.15) is 10.5 Å². The van der Waals surface area contributed by atoms with Crippen molar-refractivity contribution in [3.63, 3.8) is 0 Å². The Morgan fingerprint density at radius 2 is 0.788 bits per heavy atom. The molecule has 0 aliphatic rings. The number of aromatic nitrogens is 2. The monoisotopic (exact) mass is 1170 g/mol. The van der Waals surface area contributed by atoms with E-state index in [1.165, 1.54) is 50.2 Å². The van der Waals surface area contributed by atoms with Crippen molar-refractivity contribution in [2.45, 2.75) is 191 Å². The number of pyridine rings is 2. The third kappa shape index (κ3) is 19.5. The van der Waals surface area contributed by atoms with Crippen molar-refractivity contribution in [3.05, 3.63) is 102 Å². The number of hydrogen-bond acceptors (Lipinski definition) is 18. The zero-order chi connectivity index (χ0) is 62.6. The average molecular weight is 1170 g/mol. The molecule has 0 aliphatic heterocycles. The van der Waals surface area contributed by atoms with Gasteiger partial charge in [-0.25, -0.2) is 19.2 Å². The lowest BCUT2D eigenvalue weighted by atomic mass is 10.0. The van der Waals surface area contributed by atoms with Crippen LogP contribution in [0.1, 0.15) is 228 Å². The first-order valence-corrected chi connectivity index (χ1v) is 30.4. The second kappa shape index (κ2) is 36.0. The van der Waals surface area contributed by atoms with E-state index >= 15 is 0 Å². The first-order valence-electron chi connectivity index (χ1n) is 30.4. The number of unbranched alkanes of at least 4 members (excludes halogenated alkanes) is 4. The number of rotatable bonds is 36. The number of nitrogens with zero attached hydrogens (tertiary/aromatic N) is 8. The van der Waals surface area contributed by atoms with Crippen LogP contribution in [0, 0.1) is 60.2 Å². The van der Waals surface area contributed by atoms with Gasteiger partial charge in [-0.1, -0.05) is 132 Å². The summed E-state index contributed by atoms with van der Waals surface area (Å²) in [6, 6.07) is 12.0. The molecular weight excluding hydrogens is 1080 g/mol. The lowest BCUT2D eigenvalue weighted by Crippen LogP contribution is -2.27. The van der Waals surface area contributed by atoms with E-state index in [9.17, 15) is 49.5 Å². The maximum Gasteiger partial charge on any atom is 0.340 e. The number of ether oxygens (including phenoxy) is 4. The molecule has 20 heteroatoms. The summed E-state index contributed by atoms with van der Waals surface area (Å²) >= 11 is 0. The maximum atomic E-state index is 13.9. The number of azo groups is 2. The van der Waals surface area contributed by atoms with Crippen molar-refractivity contribution in [3.8, 4) is 23.9 Å². The number of benzene rings is 2. The molecule has 0 radical (unpaired) electrons. The molecule has 4 atom stereocenters. The number of carbonyl (C=O) groups is 4. The van der Waals surface area contributed by atoms with Crippen LogP contribution in [0.3, 0.4) is 0 Å². The van der Waals surface area contributed by atoms with Crippen molar-refractivity contribution in [1.29, 1.82) is 10.5 Å². The normalized spacial score (nSPS) is 12.8. The molecule has 0 aliphatic carbocycles. The highest BCUT2D eigenvalue weighted by Gasteiger charge is 2.26. The molecule has 20 nitrogen and oxygen atoms in total. The van der Waals surface area contributed by atoms with Gasteiger partial charge in [0.2, 0.25) is 11.8 Å². The summed E-state index contributed by atoms with van der Waals surface area (Å²) < 4.78 is 24.6. The van der Waals surface area contributed by atoms with Crippen LogP contribution in [-0.4, -0.2) is 69.7 Å². The van der Waals surface area contributed by atoms with Gasteiger partial charge in [0.15, 0.2) is 11.4 Å². The summed E-state index contributed by atoms with van der Waals surface area (Å²) in [6.07, 6.45) is 14.3. The van der Waals surface area contributed by atoms with Crippen LogP contribution >= 0.6 is 0 Å². The summed E-state index contributed by atoms with van der Waals surface area (Å²) in [7, 11) is 0. The third-order valence-electron chi connectivity index (χ3n) is 15.7. The highest BCUT2D eigenvalue weighted by Crippen LogP contribution is 2.36. The standard InChI is InChI=1S/C65H88N8O12/c1-11-19-24-44(15-5)38-82-62(78)48-28-30-50(64(80)84-40-46(17-7)26-21-13-3)54(34-48)68-70-56-42(9)52(36-66)58(74)72(60(56)76)32-23-33-73-59(75)53(37-67)43(10)57(61(73)77)71-69-55-35-49(63(79)83-39-45(16-6)25-20-12-2)29-31-51(55)65(81)85-41-47(18-8)27-22-14-4/h28-31,34-35,44-47,76-77H,11-27,32-33,38-41H2,1-10H3/b70-68+,71-69+. The fraction of sp³-hybridized carbons (Fsp3) is 0.569. The molecule has 460 valence electrons. The van der Waals surface area contributed by atoms with Crippen LogP contribution in [-0.2, 0) is 32.0 Å². The SMILES string of the molecule is CCCCC(CC)COC(=O)c1ccc(C(=O)OCC(CC)CCCC)c(/N=N/c2c(C)c(C#N)c(=O)n(CCCn3c(O)c(/N=N/c4cc(C(=O)OCC(CC)CCCC)ccc4C(=O)OCC(CC)CCCC)c(C)c(C#N)c3=O)c2O)c1. The highest BCUT2D eigenvalue weighted by molar-refractivity contribution is 5.99. The van der Waals surface area contributed by atoms with E-state index in [0.29, 0.717) is 0 Å². The summed E-state index contributed by atoms with van der Waals surface area (Å²) in [4.78, 5) is 82.1. The van der Waals surface area contributed by atoms with E-state index in [-0.39, 0.29) is 126 Å². The van der Waals surface area contributed by atoms with Crippen molar-refractivity contribution < 1.29 is 48.3 Å². The predicted molar refractivity (Wildman–Crippen MR) is 324 cm³/mol. The lowest BCUT2D eigenvalue weighted by Gasteiger charge is -2.16. The molecule has 2 aromatic heterocycles. The Morgan fingerprint density at radius 1 is 0.482 bits per heavy atom. The fourth-order valence-electron chi connectivity index (χ4n) is 9.64. The first-order chi connectivity index (χ1) is 40.9. The van der Waals surface area contributed by atoms with Gasteiger partial charge in [0, 0.05) is 24.2 Å². The second-order valence-electron chi connectivity index (χ2n) is 21.8. The van der Waals surface area contributed by atoms with Gasteiger partial charge in [0.05, 0.1) is 48.7 Å². The predicted octanol–water partition coefficient (Wildman–Crippen LogP) is 15.2. The number of esters is 4. The summed E-state index contributed by atoms with van der Waals surface area (Å²) in [6.45, 7) is 19.1. The van der Waals surface area contributed by atoms with Crippen LogP contribution in [0.5, 0.6) is 11.8 Å².